The Bertz CT molecular complexity index is 416. The average molecular weight is 330 g/mol. The predicted octanol–water partition coefficient (Wildman–Crippen LogP) is 2.84. The molecule has 0 N–H and O–H groups in total. The average Bonchev–Trinajstić information content (AvgIpc) is 2.46. The van der Waals surface area contributed by atoms with Crippen LogP contribution in [0.4, 0.5) is 4.39 Å². The van der Waals surface area contributed by atoms with E-state index in [1.807, 2.05) is 0 Å². The Kier molecular flexibility index (Phi) is 5.34. The van der Waals surface area contributed by atoms with Crippen LogP contribution in [0.3, 0.4) is 0 Å². The summed E-state index contributed by atoms with van der Waals surface area (Å²) in [5.74, 6) is -0.350. The van der Waals surface area contributed by atoms with Crippen LogP contribution in [0.1, 0.15) is 23.2 Å². The molecule has 0 bridgehead atoms. The summed E-state index contributed by atoms with van der Waals surface area (Å²) in [5.41, 5.74) is 0.543. The van der Waals surface area contributed by atoms with Crippen molar-refractivity contribution >= 4 is 21.8 Å². The Morgan fingerprint density at radius 1 is 1.32 bits per heavy atom. The standard InChI is InChI=1S/C14H17BrFNO2/c15-7-10-19-13-5-8-17(9-6-13)14(18)11-1-3-12(16)4-2-11/h1-4,13H,5-10H2. The van der Waals surface area contributed by atoms with Gasteiger partial charge in [-0.1, -0.05) is 15.9 Å². The molecule has 0 atom stereocenters. The summed E-state index contributed by atoms with van der Waals surface area (Å²) in [5, 5.41) is 0.835. The molecule has 0 unspecified atom stereocenters. The molecule has 1 heterocycles. The van der Waals surface area contributed by atoms with Gasteiger partial charge in [-0.2, -0.15) is 0 Å². The first-order valence-corrected chi connectivity index (χ1v) is 7.55. The maximum absolute atomic E-state index is 12.8. The Morgan fingerprint density at radius 3 is 2.53 bits per heavy atom. The number of hydrogen-bond acceptors (Lipinski definition) is 2. The third-order valence-electron chi connectivity index (χ3n) is 3.25. The van der Waals surface area contributed by atoms with Crippen molar-refractivity contribution in [2.24, 2.45) is 0 Å². The lowest BCUT2D eigenvalue weighted by molar-refractivity contribution is 0.0160. The van der Waals surface area contributed by atoms with Crippen LogP contribution in [0.25, 0.3) is 0 Å². The zero-order valence-corrected chi connectivity index (χ0v) is 12.2. The number of piperidine rings is 1. The van der Waals surface area contributed by atoms with Crippen molar-refractivity contribution in [1.29, 1.82) is 0 Å². The molecule has 19 heavy (non-hydrogen) atoms. The molecule has 104 valence electrons. The number of halogens is 2. The molecule has 0 saturated carbocycles. The van der Waals surface area contributed by atoms with Gasteiger partial charge in [0.05, 0.1) is 12.7 Å². The highest BCUT2D eigenvalue weighted by Crippen LogP contribution is 2.16. The van der Waals surface area contributed by atoms with E-state index < -0.39 is 0 Å². The summed E-state index contributed by atoms with van der Waals surface area (Å²) in [7, 11) is 0. The van der Waals surface area contributed by atoms with Crippen molar-refractivity contribution in [3.05, 3.63) is 35.6 Å². The van der Waals surface area contributed by atoms with Gasteiger partial charge in [-0.25, -0.2) is 4.39 Å². The first kappa shape index (κ1) is 14.5. The largest absolute Gasteiger partial charge is 0.377 e. The van der Waals surface area contributed by atoms with Gasteiger partial charge in [-0.3, -0.25) is 4.79 Å². The number of amides is 1. The summed E-state index contributed by atoms with van der Waals surface area (Å²) in [6, 6.07) is 5.70. The number of alkyl halides is 1. The summed E-state index contributed by atoms with van der Waals surface area (Å²) in [6.45, 7) is 2.10. The fourth-order valence-corrected chi connectivity index (χ4v) is 2.40. The Balaban J connectivity index is 1.87. The molecule has 2 rings (SSSR count). The van der Waals surface area contributed by atoms with Crippen LogP contribution in [0.5, 0.6) is 0 Å². The van der Waals surface area contributed by atoms with E-state index in [9.17, 15) is 9.18 Å². The number of benzene rings is 1. The Morgan fingerprint density at radius 2 is 1.95 bits per heavy atom. The number of rotatable bonds is 4. The first-order valence-electron chi connectivity index (χ1n) is 6.43. The van der Waals surface area contributed by atoms with Crippen molar-refractivity contribution in [2.75, 3.05) is 25.0 Å². The highest BCUT2D eigenvalue weighted by atomic mass is 79.9. The van der Waals surface area contributed by atoms with E-state index in [1.54, 1.807) is 4.90 Å². The molecule has 3 nitrogen and oxygen atoms in total. The molecule has 1 aromatic rings. The highest BCUT2D eigenvalue weighted by Gasteiger charge is 2.23. The fourth-order valence-electron chi connectivity index (χ4n) is 2.21. The number of hydrogen-bond donors (Lipinski definition) is 0. The van der Waals surface area contributed by atoms with Crippen molar-refractivity contribution in [1.82, 2.24) is 4.90 Å². The fraction of sp³-hybridized carbons (Fsp3) is 0.500. The Hall–Kier alpha value is -0.940. The summed E-state index contributed by atoms with van der Waals surface area (Å²) in [6.07, 6.45) is 1.97. The minimum absolute atomic E-state index is 0.0288. The van der Waals surface area contributed by atoms with E-state index in [2.05, 4.69) is 15.9 Å². The van der Waals surface area contributed by atoms with Crippen LogP contribution in [0.15, 0.2) is 24.3 Å². The summed E-state index contributed by atoms with van der Waals surface area (Å²) in [4.78, 5) is 14.0. The van der Waals surface area contributed by atoms with E-state index in [1.165, 1.54) is 24.3 Å². The third kappa shape index (κ3) is 4.01. The molecule has 1 aliphatic rings. The van der Waals surface area contributed by atoms with Crippen LogP contribution < -0.4 is 0 Å². The zero-order chi connectivity index (χ0) is 13.7. The van der Waals surface area contributed by atoms with Crippen molar-refractivity contribution in [3.8, 4) is 0 Å². The topological polar surface area (TPSA) is 29.5 Å². The number of ether oxygens (including phenoxy) is 1. The lowest BCUT2D eigenvalue weighted by Gasteiger charge is -2.32. The molecule has 0 aliphatic carbocycles. The molecule has 1 aliphatic heterocycles. The van der Waals surface area contributed by atoms with Crippen LogP contribution >= 0.6 is 15.9 Å². The molecule has 0 aromatic heterocycles. The van der Waals surface area contributed by atoms with Crippen molar-refractivity contribution in [2.45, 2.75) is 18.9 Å². The lowest BCUT2D eigenvalue weighted by atomic mass is 10.1. The maximum Gasteiger partial charge on any atom is 0.253 e. The minimum atomic E-state index is -0.321. The third-order valence-corrected chi connectivity index (χ3v) is 3.57. The molecular formula is C14H17BrFNO2. The molecule has 1 fully saturated rings. The zero-order valence-electron chi connectivity index (χ0n) is 10.6. The van der Waals surface area contributed by atoms with Crippen LogP contribution in [-0.4, -0.2) is 41.9 Å². The monoisotopic (exact) mass is 329 g/mol. The molecule has 1 amide bonds. The van der Waals surface area contributed by atoms with Gasteiger partial charge in [-0.15, -0.1) is 0 Å². The normalized spacial score (nSPS) is 16.6. The number of carbonyl (C=O) groups is 1. The van der Waals surface area contributed by atoms with Crippen LogP contribution in [-0.2, 0) is 4.74 Å². The molecule has 1 aromatic carbocycles. The van der Waals surface area contributed by atoms with Crippen LogP contribution in [0, 0.1) is 5.82 Å². The number of carbonyl (C=O) groups excluding carboxylic acids is 1. The quantitative estimate of drug-likeness (QED) is 0.795. The van der Waals surface area contributed by atoms with Crippen LogP contribution in [0.2, 0.25) is 0 Å². The predicted molar refractivity (Wildman–Crippen MR) is 75.1 cm³/mol. The molecule has 5 heteroatoms. The first-order chi connectivity index (χ1) is 9.20. The van der Waals surface area contributed by atoms with Gasteiger partial charge in [0.25, 0.3) is 5.91 Å². The molecule has 0 spiro atoms. The smallest absolute Gasteiger partial charge is 0.253 e. The van der Waals surface area contributed by atoms with Gasteiger partial charge in [0.2, 0.25) is 0 Å². The number of likely N-dealkylation sites (tertiary alicyclic amines) is 1. The van der Waals surface area contributed by atoms with Gasteiger partial charge in [-0.05, 0) is 37.1 Å². The van der Waals surface area contributed by atoms with E-state index in [-0.39, 0.29) is 17.8 Å². The molecule has 1 saturated heterocycles. The SMILES string of the molecule is O=C(c1ccc(F)cc1)N1CCC(OCCBr)CC1. The van der Waals surface area contributed by atoms with Gasteiger partial charge in [0.1, 0.15) is 5.82 Å². The summed E-state index contributed by atoms with van der Waals surface area (Å²) >= 11 is 3.33. The van der Waals surface area contributed by atoms with E-state index in [0.717, 1.165) is 18.2 Å². The van der Waals surface area contributed by atoms with E-state index in [0.29, 0.717) is 25.3 Å². The second-order valence-corrected chi connectivity index (χ2v) is 5.35. The Labute approximate surface area is 120 Å². The lowest BCUT2D eigenvalue weighted by Crippen LogP contribution is -2.41. The van der Waals surface area contributed by atoms with E-state index >= 15 is 0 Å². The van der Waals surface area contributed by atoms with Gasteiger partial charge >= 0.3 is 0 Å². The van der Waals surface area contributed by atoms with Gasteiger partial charge in [0.15, 0.2) is 0 Å². The van der Waals surface area contributed by atoms with Crippen molar-refractivity contribution in [3.63, 3.8) is 0 Å². The molecular weight excluding hydrogens is 313 g/mol. The van der Waals surface area contributed by atoms with E-state index in [4.69, 9.17) is 4.74 Å². The maximum atomic E-state index is 12.8. The second-order valence-electron chi connectivity index (χ2n) is 4.56. The van der Waals surface area contributed by atoms with Gasteiger partial charge < -0.3 is 9.64 Å². The van der Waals surface area contributed by atoms with Crippen molar-refractivity contribution < 1.29 is 13.9 Å². The minimum Gasteiger partial charge on any atom is -0.377 e. The van der Waals surface area contributed by atoms with Gasteiger partial charge in [0, 0.05) is 24.0 Å². The molecule has 0 radical (unpaired) electrons. The highest BCUT2D eigenvalue weighted by molar-refractivity contribution is 9.09. The number of nitrogens with zero attached hydrogens (tertiary/aromatic N) is 1. The summed E-state index contributed by atoms with van der Waals surface area (Å²) < 4.78 is 18.5. The second kappa shape index (κ2) is 7.01.